The first-order chi connectivity index (χ1) is 16.6. The van der Waals surface area contributed by atoms with Crippen LogP contribution in [0.2, 0.25) is 0 Å². The number of aromatic nitrogens is 3. The number of primary sulfonamides is 1. The van der Waals surface area contributed by atoms with E-state index < -0.39 is 34.0 Å². The van der Waals surface area contributed by atoms with Crippen molar-refractivity contribution in [2.75, 3.05) is 6.61 Å². The van der Waals surface area contributed by atoms with Crippen molar-refractivity contribution in [3.63, 3.8) is 0 Å². The average molecular weight is 500 g/mol. The van der Waals surface area contributed by atoms with Crippen molar-refractivity contribution in [2.45, 2.75) is 44.2 Å². The molecule has 1 aromatic heterocycles. The number of carbonyl (C=O) groups is 2. The summed E-state index contributed by atoms with van der Waals surface area (Å²) in [5.41, 5.74) is 1.95. The zero-order valence-corrected chi connectivity index (χ0v) is 20.6. The Morgan fingerprint density at radius 1 is 1.09 bits per heavy atom. The molecule has 0 saturated carbocycles. The van der Waals surface area contributed by atoms with Crippen molar-refractivity contribution in [1.82, 2.24) is 20.3 Å². The van der Waals surface area contributed by atoms with Crippen molar-refractivity contribution < 1.29 is 22.7 Å². The number of amides is 1. The van der Waals surface area contributed by atoms with Crippen LogP contribution in [-0.4, -0.2) is 47.9 Å². The lowest BCUT2D eigenvalue weighted by molar-refractivity contribution is -0.148. The fourth-order valence-electron chi connectivity index (χ4n) is 3.63. The molecule has 0 radical (unpaired) electrons. The van der Waals surface area contributed by atoms with Gasteiger partial charge >= 0.3 is 5.97 Å². The largest absolute Gasteiger partial charge is 0.464 e. The summed E-state index contributed by atoms with van der Waals surface area (Å²) >= 11 is 0. The van der Waals surface area contributed by atoms with Gasteiger partial charge in [0.2, 0.25) is 15.9 Å². The Kier molecular flexibility index (Phi) is 8.36. The van der Waals surface area contributed by atoms with Gasteiger partial charge in [0, 0.05) is 12.0 Å². The Morgan fingerprint density at radius 3 is 2.31 bits per heavy atom. The first kappa shape index (κ1) is 26.0. The lowest BCUT2D eigenvalue weighted by atomic mass is 10.0. The molecule has 0 aliphatic heterocycles. The second kappa shape index (κ2) is 11.2. The van der Waals surface area contributed by atoms with Crippen LogP contribution in [0.5, 0.6) is 0 Å². The van der Waals surface area contributed by atoms with Crippen LogP contribution in [0, 0.1) is 5.92 Å². The van der Waals surface area contributed by atoms with E-state index >= 15 is 0 Å². The Bertz CT molecular complexity index is 1260. The molecule has 35 heavy (non-hydrogen) atoms. The highest BCUT2D eigenvalue weighted by molar-refractivity contribution is 7.89. The normalized spacial score (nSPS) is 13.3. The number of hydrogen-bond acceptors (Lipinski definition) is 7. The highest BCUT2D eigenvalue weighted by atomic mass is 32.2. The zero-order valence-electron chi connectivity index (χ0n) is 19.8. The zero-order chi connectivity index (χ0) is 25.6. The summed E-state index contributed by atoms with van der Waals surface area (Å²) in [7, 11) is -3.81. The molecule has 0 saturated heterocycles. The molecule has 0 fully saturated rings. The number of nitrogens with zero attached hydrogens (tertiary/aromatic N) is 3. The summed E-state index contributed by atoms with van der Waals surface area (Å²) in [4.78, 5) is 25.9. The van der Waals surface area contributed by atoms with E-state index in [9.17, 15) is 18.0 Å². The Morgan fingerprint density at radius 2 is 1.74 bits per heavy atom. The van der Waals surface area contributed by atoms with Crippen molar-refractivity contribution >= 4 is 21.9 Å². The van der Waals surface area contributed by atoms with Crippen LogP contribution >= 0.6 is 0 Å². The fraction of sp³-hybridized carbons (Fsp3) is 0.333. The number of ether oxygens (including phenoxy) is 1. The summed E-state index contributed by atoms with van der Waals surface area (Å²) < 4.78 is 29.6. The topological polar surface area (TPSA) is 146 Å². The third-order valence-corrected chi connectivity index (χ3v) is 6.27. The first-order valence-electron chi connectivity index (χ1n) is 11.2. The van der Waals surface area contributed by atoms with E-state index in [0.717, 1.165) is 5.56 Å². The molecule has 11 heteroatoms. The van der Waals surface area contributed by atoms with Gasteiger partial charge in [-0.25, -0.2) is 23.0 Å². The van der Waals surface area contributed by atoms with Gasteiger partial charge in [-0.3, -0.25) is 4.79 Å². The molecule has 1 amide bonds. The molecular formula is C24H29N5O5S. The molecule has 3 N–H and O–H groups in total. The minimum atomic E-state index is -3.81. The van der Waals surface area contributed by atoms with Gasteiger partial charge < -0.3 is 10.1 Å². The Labute approximate surface area is 204 Å². The molecule has 3 rings (SSSR count). The lowest BCUT2D eigenvalue weighted by Crippen LogP contribution is -2.47. The number of nitrogens with one attached hydrogen (secondary N) is 1. The lowest BCUT2D eigenvalue weighted by Gasteiger charge is -2.24. The molecule has 0 unspecified atom stereocenters. The second-order valence-electron chi connectivity index (χ2n) is 8.34. The van der Waals surface area contributed by atoms with Gasteiger partial charge in [0.15, 0.2) is 0 Å². The number of sulfonamides is 1. The van der Waals surface area contributed by atoms with Gasteiger partial charge in [0.25, 0.3) is 0 Å². The minimum absolute atomic E-state index is 0.0171. The van der Waals surface area contributed by atoms with Crippen LogP contribution in [0.3, 0.4) is 0 Å². The maximum atomic E-state index is 13.3. The van der Waals surface area contributed by atoms with E-state index in [4.69, 9.17) is 9.88 Å². The molecular weight excluding hydrogens is 470 g/mol. The van der Waals surface area contributed by atoms with Crippen molar-refractivity contribution in [3.8, 4) is 11.3 Å². The maximum absolute atomic E-state index is 13.3. The summed E-state index contributed by atoms with van der Waals surface area (Å²) in [6, 6.07) is 13.6. The smallest absolute Gasteiger partial charge is 0.328 e. The van der Waals surface area contributed by atoms with Gasteiger partial charge in [-0.1, -0.05) is 61.5 Å². The van der Waals surface area contributed by atoms with Crippen LogP contribution in [0.1, 0.15) is 32.4 Å². The average Bonchev–Trinajstić information content (AvgIpc) is 3.28. The quantitative estimate of drug-likeness (QED) is 0.406. The molecule has 0 aliphatic carbocycles. The molecule has 186 valence electrons. The number of benzene rings is 2. The fourth-order valence-corrected chi connectivity index (χ4v) is 4.15. The molecule has 3 aromatic rings. The third kappa shape index (κ3) is 6.74. The van der Waals surface area contributed by atoms with Crippen molar-refractivity contribution in [1.29, 1.82) is 0 Å². The second-order valence-corrected chi connectivity index (χ2v) is 9.91. The number of rotatable bonds is 10. The van der Waals surface area contributed by atoms with Gasteiger partial charge in [0.1, 0.15) is 17.8 Å². The molecule has 0 bridgehead atoms. The molecule has 2 atom stereocenters. The van der Waals surface area contributed by atoms with Crippen LogP contribution < -0.4 is 10.5 Å². The Balaban J connectivity index is 1.82. The number of nitrogens with two attached hydrogens (primary N) is 1. The van der Waals surface area contributed by atoms with Crippen LogP contribution in [-0.2, 0) is 30.8 Å². The molecule has 10 nitrogen and oxygen atoms in total. The third-order valence-electron chi connectivity index (χ3n) is 5.34. The van der Waals surface area contributed by atoms with Crippen LogP contribution in [0.15, 0.2) is 65.7 Å². The molecule has 1 heterocycles. The highest BCUT2D eigenvalue weighted by Gasteiger charge is 2.30. The van der Waals surface area contributed by atoms with Gasteiger partial charge in [-0.05, 0) is 30.5 Å². The first-order valence-corrected chi connectivity index (χ1v) is 12.7. The summed E-state index contributed by atoms with van der Waals surface area (Å²) in [5, 5.41) is 16.2. The highest BCUT2D eigenvalue weighted by Crippen LogP contribution is 2.23. The van der Waals surface area contributed by atoms with Gasteiger partial charge in [-0.2, -0.15) is 0 Å². The number of esters is 1. The van der Waals surface area contributed by atoms with E-state index in [1.54, 1.807) is 25.3 Å². The van der Waals surface area contributed by atoms with Crippen LogP contribution in [0.4, 0.5) is 0 Å². The molecule has 2 aromatic carbocycles. The standard InChI is InChI=1S/C24H29N5O5S/c1-4-34-24(31)20(14-17-8-6-5-7-9-17)26-23(30)22(16(2)3)29-15-21(27-28-29)18-10-12-19(13-11-18)35(25,32)33/h5-13,15-16,20,22H,4,14H2,1-3H3,(H,26,30)(H2,25,32,33)/t20-,22+/m1/s1. The molecule has 0 aliphatic rings. The van der Waals surface area contributed by atoms with E-state index in [0.29, 0.717) is 11.3 Å². The number of carbonyl (C=O) groups excluding carboxylic acids is 2. The maximum Gasteiger partial charge on any atom is 0.328 e. The van der Waals surface area contributed by atoms with Gasteiger partial charge in [0.05, 0.1) is 17.7 Å². The monoisotopic (exact) mass is 499 g/mol. The van der Waals surface area contributed by atoms with E-state index in [-0.39, 0.29) is 23.8 Å². The minimum Gasteiger partial charge on any atom is -0.464 e. The van der Waals surface area contributed by atoms with E-state index in [1.165, 1.54) is 16.8 Å². The summed E-state index contributed by atoms with van der Waals surface area (Å²) in [6.45, 7) is 5.64. The van der Waals surface area contributed by atoms with Gasteiger partial charge in [-0.15, -0.1) is 5.10 Å². The van der Waals surface area contributed by atoms with E-state index in [2.05, 4.69) is 15.6 Å². The van der Waals surface area contributed by atoms with Crippen molar-refractivity contribution in [3.05, 3.63) is 66.4 Å². The van der Waals surface area contributed by atoms with Crippen LogP contribution in [0.25, 0.3) is 11.3 Å². The summed E-state index contributed by atoms with van der Waals surface area (Å²) in [6.07, 6.45) is 1.89. The predicted molar refractivity (Wildman–Crippen MR) is 129 cm³/mol. The molecule has 0 spiro atoms. The van der Waals surface area contributed by atoms with Crippen molar-refractivity contribution in [2.24, 2.45) is 11.1 Å². The SMILES string of the molecule is CCOC(=O)[C@@H](Cc1ccccc1)NC(=O)[C@H](C(C)C)n1cc(-c2ccc(S(N)(=O)=O)cc2)nn1. The predicted octanol–water partition coefficient (Wildman–Crippen LogP) is 2.08. The Hall–Kier alpha value is -3.57. The van der Waals surface area contributed by atoms with E-state index in [1.807, 2.05) is 44.2 Å². The summed E-state index contributed by atoms with van der Waals surface area (Å²) in [5.74, 6) is -1.08. The number of hydrogen-bond donors (Lipinski definition) is 2.